The van der Waals surface area contributed by atoms with E-state index in [1.807, 2.05) is 26.2 Å². The fraction of sp³-hybridized carbons (Fsp3) is 0.643. The normalized spacial score (nSPS) is 18.5. The van der Waals surface area contributed by atoms with Crippen LogP contribution in [0.1, 0.15) is 18.5 Å². The van der Waals surface area contributed by atoms with Gasteiger partial charge in [-0.25, -0.2) is 0 Å². The van der Waals surface area contributed by atoms with Crippen LogP contribution in [0.25, 0.3) is 0 Å². The Morgan fingerprint density at radius 3 is 2.89 bits per heavy atom. The van der Waals surface area contributed by atoms with E-state index in [0.29, 0.717) is 32.6 Å². The first kappa shape index (κ1) is 14.2. The van der Waals surface area contributed by atoms with E-state index in [1.165, 1.54) is 0 Å². The average Bonchev–Trinajstić information content (AvgIpc) is 2.39. The van der Waals surface area contributed by atoms with Crippen LogP contribution in [0, 0.1) is 0 Å². The summed E-state index contributed by atoms with van der Waals surface area (Å²) in [5.74, 6) is 0. The first-order valence-electron chi connectivity index (χ1n) is 6.73. The molecular formula is C14H23N3O2. The predicted molar refractivity (Wildman–Crippen MR) is 75.1 cm³/mol. The number of pyridine rings is 1. The van der Waals surface area contributed by atoms with E-state index in [4.69, 9.17) is 4.74 Å². The molecule has 2 rings (SSSR count). The third-order valence-corrected chi connectivity index (χ3v) is 3.52. The number of likely N-dealkylation sites (N-methyl/N-ethyl adjacent to an activating group) is 1. The van der Waals surface area contributed by atoms with Crippen molar-refractivity contribution in [3.05, 3.63) is 24.0 Å². The second-order valence-corrected chi connectivity index (χ2v) is 5.29. The Morgan fingerprint density at radius 1 is 1.47 bits per heavy atom. The van der Waals surface area contributed by atoms with E-state index < -0.39 is 5.60 Å². The zero-order valence-electron chi connectivity index (χ0n) is 11.7. The summed E-state index contributed by atoms with van der Waals surface area (Å²) in [6, 6.07) is 3.97. The maximum Gasteiger partial charge on any atom is 0.0817 e. The molecule has 0 atom stereocenters. The summed E-state index contributed by atoms with van der Waals surface area (Å²) < 4.78 is 5.30. The summed E-state index contributed by atoms with van der Waals surface area (Å²) in [5, 5.41) is 13.6. The van der Waals surface area contributed by atoms with Crippen molar-refractivity contribution in [3.63, 3.8) is 0 Å². The monoisotopic (exact) mass is 265 g/mol. The molecule has 0 radical (unpaired) electrons. The van der Waals surface area contributed by atoms with Gasteiger partial charge < -0.3 is 15.2 Å². The summed E-state index contributed by atoms with van der Waals surface area (Å²) in [5.41, 5.74) is 1.45. The number of ether oxygens (including phenoxy) is 1. The summed E-state index contributed by atoms with van der Waals surface area (Å²) in [4.78, 5) is 6.47. The zero-order chi connectivity index (χ0) is 13.7. The van der Waals surface area contributed by atoms with Gasteiger partial charge in [-0.05, 0) is 19.2 Å². The molecule has 0 amide bonds. The Hall–Kier alpha value is -1.17. The molecular weight excluding hydrogens is 242 g/mol. The predicted octanol–water partition coefficient (Wildman–Crippen LogP) is 1.10. The van der Waals surface area contributed by atoms with E-state index in [2.05, 4.69) is 15.2 Å². The topological polar surface area (TPSA) is 57.6 Å². The standard InChI is InChI=1S/C14H23N3O2/c1-15-12-3-6-16-13(9-12)10-17(2)11-14(18)4-7-19-8-5-14/h3,6,9,18H,4-5,7-8,10-11H2,1-2H3,(H,15,16). The fourth-order valence-corrected chi connectivity index (χ4v) is 2.46. The Morgan fingerprint density at radius 2 is 2.21 bits per heavy atom. The third kappa shape index (κ3) is 4.16. The minimum atomic E-state index is -0.617. The highest BCUT2D eigenvalue weighted by Crippen LogP contribution is 2.22. The molecule has 0 unspecified atom stereocenters. The number of nitrogens with one attached hydrogen (secondary N) is 1. The number of aromatic nitrogens is 1. The maximum atomic E-state index is 10.5. The Labute approximate surface area is 114 Å². The molecule has 1 aliphatic rings. The Bertz CT molecular complexity index is 405. The second-order valence-electron chi connectivity index (χ2n) is 5.29. The van der Waals surface area contributed by atoms with Gasteiger partial charge in [0.1, 0.15) is 0 Å². The summed E-state index contributed by atoms with van der Waals surface area (Å²) in [6.07, 6.45) is 3.22. The lowest BCUT2D eigenvalue weighted by molar-refractivity contribution is -0.0778. The van der Waals surface area contributed by atoms with Crippen LogP contribution in [0.4, 0.5) is 5.69 Å². The Kier molecular flexibility index (Phi) is 4.74. The van der Waals surface area contributed by atoms with Crippen LogP contribution in [0.15, 0.2) is 18.3 Å². The van der Waals surface area contributed by atoms with Crippen molar-refractivity contribution in [2.75, 3.05) is 39.2 Å². The molecule has 2 N–H and O–H groups in total. The molecule has 1 fully saturated rings. The molecule has 0 saturated carbocycles. The molecule has 5 heteroatoms. The van der Waals surface area contributed by atoms with Crippen molar-refractivity contribution in [1.82, 2.24) is 9.88 Å². The minimum absolute atomic E-state index is 0.617. The highest BCUT2D eigenvalue weighted by Gasteiger charge is 2.30. The van der Waals surface area contributed by atoms with Crippen LogP contribution in [0.5, 0.6) is 0 Å². The van der Waals surface area contributed by atoms with Gasteiger partial charge in [0.2, 0.25) is 0 Å². The van der Waals surface area contributed by atoms with Gasteiger partial charge in [-0.1, -0.05) is 0 Å². The zero-order valence-corrected chi connectivity index (χ0v) is 11.7. The van der Waals surface area contributed by atoms with E-state index in [9.17, 15) is 5.11 Å². The fourth-order valence-electron chi connectivity index (χ4n) is 2.46. The molecule has 5 nitrogen and oxygen atoms in total. The van der Waals surface area contributed by atoms with Gasteiger partial charge in [0.15, 0.2) is 0 Å². The molecule has 2 heterocycles. The Balaban J connectivity index is 1.91. The van der Waals surface area contributed by atoms with E-state index >= 15 is 0 Å². The van der Waals surface area contributed by atoms with E-state index in [0.717, 1.165) is 17.9 Å². The lowest BCUT2D eigenvalue weighted by atomic mass is 9.94. The molecule has 1 aromatic heterocycles. The van der Waals surface area contributed by atoms with Gasteiger partial charge in [0.05, 0.1) is 11.3 Å². The minimum Gasteiger partial charge on any atom is -0.388 e. The molecule has 1 saturated heterocycles. The third-order valence-electron chi connectivity index (χ3n) is 3.52. The molecule has 106 valence electrons. The van der Waals surface area contributed by atoms with Gasteiger partial charge in [0, 0.05) is 58.1 Å². The van der Waals surface area contributed by atoms with E-state index in [1.54, 1.807) is 6.20 Å². The number of aliphatic hydroxyl groups is 1. The first-order chi connectivity index (χ1) is 9.11. The molecule has 1 aliphatic heterocycles. The largest absolute Gasteiger partial charge is 0.388 e. The summed E-state index contributed by atoms with van der Waals surface area (Å²) in [6.45, 7) is 2.69. The van der Waals surface area contributed by atoms with Crippen LogP contribution in [-0.2, 0) is 11.3 Å². The van der Waals surface area contributed by atoms with Crippen LogP contribution in [-0.4, -0.2) is 54.4 Å². The summed E-state index contributed by atoms with van der Waals surface area (Å²) in [7, 11) is 3.91. The van der Waals surface area contributed by atoms with Gasteiger partial charge in [-0.2, -0.15) is 0 Å². The molecule has 0 bridgehead atoms. The van der Waals surface area contributed by atoms with Crippen LogP contribution < -0.4 is 5.32 Å². The molecule has 0 spiro atoms. The van der Waals surface area contributed by atoms with Gasteiger partial charge in [-0.15, -0.1) is 0 Å². The van der Waals surface area contributed by atoms with Crippen LogP contribution >= 0.6 is 0 Å². The molecule has 19 heavy (non-hydrogen) atoms. The number of rotatable bonds is 5. The lowest BCUT2D eigenvalue weighted by Gasteiger charge is -2.35. The molecule has 1 aromatic rings. The van der Waals surface area contributed by atoms with Crippen LogP contribution in [0.3, 0.4) is 0 Å². The number of hydrogen-bond acceptors (Lipinski definition) is 5. The SMILES string of the molecule is CNc1ccnc(CN(C)CC2(O)CCOCC2)c1. The van der Waals surface area contributed by atoms with Gasteiger partial charge in [0.25, 0.3) is 0 Å². The van der Waals surface area contributed by atoms with Gasteiger partial charge >= 0.3 is 0 Å². The highest BCUT2D eigenvalue weighted by atomic mass is 16.5. The van der Waals surface area contributed by atoms with Crippen LogP contribution in [0.2, 0.25) is 0 Å². The molecule has 0 aliphatic carbocycles. The van der Waals surface area contributed by atoms with Crippen molar-refractivity contribution >= 4 is 5.69 Å². The van der Waals surface area contributed by atoms with Crippen molar-refractivity contribution in [2.45, 2.75) is 25.0 Å². The van der Waals surface area contributed by atoms with Crippen molar-refractivity contribution in [2.24, 2.45) is 0 Å². The highest BCUT2D eigenvalue weighted by molar-refractivity contribution is 5.42. The summed E-state index contributed by atoms with van der Waals surface area (Å²) >= 11 is 0. The number of hydrogen-bond donors (Lipinski definition) is 2. The van der Waals surface area contributed by atoms with Crippen molar-refractivity contribution in [1.29, 1.82) is 0 Å². The number of anilines is 1. The number of nitrogens with zero attached hydrogens (tertiary/aromatic N) is 2. The smallest absolute Gasteiger partial charge is 0.0817 e. The van der Waals surface area contributed by atoms with E-state index in [-0.39, 0.29) is 0 Å². The lowest BCUT2D eigenvalue weighted by Crippen LogP contribution is -2.45. The maximum absolute atomic E-state index is 10.5. The van der Waals surface area contributed by atoms with Crippen molar-refractivity contribution in [3.8, 4) is 0 Å². The van der Waals surface area contributed by atoms with Gasteiger partial charge in [-0.3, -0.25) is 9.88 Å². The molecule has 0 aromatic carbocycles. The quantitative estimate of drug-likeness (QED) is 0.835. The van der Waals surface area contributed by atoms with Crippen molar-refractivity contribution < 1.29 is 9.84 Å². The first-order valence-corrected chi connectivity index (χ1v) is 6.73. The second kappa shape index (κ2) is 6.32. The average molecular weight is 265 g/mol.